The molecule has 1 saturated heterocycles. The topological polar surface area (TPSA) is 61.6 Å². The minimum Gasteiger partial charge on any atom is -0.263 e. The predicted octanol–water partition coefficient (Wildman–Crippen LogP) is 0.706. The van der Waals surface area contributed by atoms with Crippen LogP contribution in [0.15, 0.2) is 0 Å². The first-order chi connectivity index (χ1) is 4.65. The second-order valence-corrected chi connectivity index (χ2v) is 3.49. The van der Waals surface area contributed by atoms with Gasteiger partial charge in [0.15, 0.2) is 6.61 Å². The van der Waals surface area contributed by atoms with Gasteiger partial charge in [0.2, 0.25) is 0 Å². The number of alkyl halides is 1. The maximum atomic E-state index is 10.3. The summed E-state index contributed by atoms with van der Waals surface area (Å²) in [6, 6.07) is 0. The van der Waals surface area contributed by atoms with Gasteiger partial charge in [-0.05, 0) is 0 Å². The highest BCUT2D eigenvalue weighted by atomic mass is 79.9. The van der Waals surface area contributed by atoms with Gasteiger partial charge in [0.1, 0.15) is 0 Å². The summed E-state index contributed by atoms with van der Waals surface area (Å²) in [5, 5.41) is 10.3. The van der Waals surface area contributed by atoms with Crippen LogP contribution in [0, 0.1) is 10.1 Å². The molecular formula is C4H6BrNO4. The molecule has 1 fully saturated rings. The summed E-state index contributed by atoms with van der Waals surface area (Å²) in [5.74, 6) is 0. The van der Waals surface area contributed by atoms with Crippen molar-refractivity contribution in [1.29, 1.82) is 0 Å². The van der Waals surface area contributed by atoms with Crippen LogP contribution in [0.2, 0.25) is 0 Å². The lowest BCUT2D eigenvalue weighted by molar-refractivity contribution is -0.562. The minimum atomic E-state index is -1.13. The Morgan fingerprint density at radius 1 is 1.60 bits per heavy atom. The lowest BCUT2D eigenvalue weighted by Gasteiger charge is -2.21. The monoisotopic (exact) mass is 211 g/mol. The summed E-state index contributed by atoms with van der Waals surface area (Å²) >= 11 is 2.96. The molecule has 1 rings (SSSR count). The van der Waals surface area contributed by atoms with Crippen LogP contribution in [-0.4, -0.2) is 22.6 Å². The van der Waals surface area contributed by atoms with E-state index in [0.29, 0.717) is 6.42 Å². The number of nitrogens with zero attached hydrogens (tertiary/aromatic N) is 1. The lowest BCUT2D eigenvalue weighted by Crippen LogP contribution is -2.41. The Balaban J connectivity index is 2.56. The van der Waals surface area contributed by atoms with E-state index in [1.54, 1.807) is 0 Å². The van der Waals surface area contributed by atoms with E-state index in [1.807, 2.05) is 0 Å². The summed E-state index contributed by atoms with van der Waals surface area (Å²) in [4.78, 5) is 18.8. The second kappa shape index (κ2) is 2.81. The van der Waals surface area contributed by atoms with Gasteiger partial charge in [0, 0.05) is 20.9 Å². The molecule has 0 aromatic rings. The van der Waals surface area contributed by atoms with Crippen LogP contribution in [0.4, 0.5) is 0 Å². The van der Waals surface area contributed by atoms with Gasteiger partial charge in [-0.3, -0.25) is 10.1 Å². The third-order valence-corrected chi connectivity index (χ3v) is 2.17. The normalized spacial score (nSPS) is 33.7. The Bertz CT molecular complexity index is 144. The highest BCUT2D eigenvalue weighted by molar-refractivity contribution is 9.10. The molecule has 0 bridgehead atoms. The van der Waals surface area contributed by atoms with Crippen LogP contribution < -0.4 is 0 Å². The SMILES string of the molecule is O=[N+]([O-])C1(Br)CCOOC1. The van der Waals surface area contributed by atoms with E-state index in [9.17, 15) is 10.1 Å². The molecule has 0 aromatic carbocycles. The van der Waals surface area contributed by atoms with Gasteiger partial charge in [0.05, 0.1) is 13.0 Å². The van der Waals surface area contributed by atoms with E-state index in [2.05, 4.69) is 25.7 Å². The zero-order valence-corrected chi connectivity index (χ0v) is 6.67. The van der Waals surface area contributed by atoms with Crippen molar-refractivity contribution in [3.8, 4) is 0 Å². The van der Waals surface area contributed by atoms with E-state index in [-0.39, 0.29) is 13.2 Å². The molecule has 1 unspecified atom stereocenters. The highest BCUT2D eigenvalue weighted by Crippen LogP contribution is 2.26. The Morgan fingerprint density at radius 3 is 2.60 bits per heavy atom. The molecule has 0 aliphatic carbocycles. The Morgan fingerprint density at radius 2 is 2.30 bits per heavy atom. The number of halogens is 1. The number of hydrogen-bond acceptors (Lipinski definition) is 4. The lowest BCUT2D eigenvalue weighted by atomic mass is 10.2. The van der Waals surface area contributed by atoms with Crippen molar-refractivity contribution in [1.82, 2.24) is 0 Å². The summed E-state index contributed by atoms with van der Waals surface area (Å²) in [7, 11) is 0. The molecular weight excluding hydrogens is 206 g/mol. The zero-order valence-electron chi connectivity index (χ0n) is 5.08. The predicted molar refractivity (Wildman–Crippen MR) is 35.2 cm³/mol. The molecule has 1 aliphatic heterocycles. The Labute approximate surface area is 65.5 Å². The number of nitro groups is 1. The largest absolute Gasteiger partial charge is 0.302 e. The molecule has 0 radical (unpaired) electrons. The second-order valence-electron chi connectivity index (χ2n) is 2.01. The van der Waals surface area contributed by atoms with Gasteiger partial charge in [-0.25, -0.2) is 9.78 Å². The molecule has 0 saturated carbocycles. The molecule has 1 atom stereocenters. The van der Waals surface area contributed by atoms with Crippen LogP contribution in [0.25, 0.3) is 0 Å². The maximum Gasteiger partial charge on any atom is 0.302 e. The summed E-state index contributed by atoms with van der Waals surface area (Å²) in [6.45, 7) is 0.215. The van der Waals surface area contributed by atoms with Gasteiger partial charge in [-0.2, -0.15) is 0 Å². The first-order valence-corrected chi connectivity index (χ1v) is 3.52. The molecule has 0 N–H and O–H groups in total. The standard InChI is InChI=1S/C4H6BrNO4/c5-4(6(7)8)1-2-9-10-3-4/h1-3H2. The molecule has 0 aromatic heterocycles. The molecule has 10 heavy (non-hydrogen) atoms. The molecule has 5 nitrogen and oxygen atoms in total. The highest BCUT2D eigenvalue weighted by Gasteiger charge is 2.42. The Hall–Kier alpha value is -0.200. The molecule has 1 aliphatic rings. The first kappa shape index (κ1) is 7.90. The van der Waals surface area contributed by atoms with Gasteiger partial charge in [-0.15, -0.1) is 0 Å². The smallest absolute Gasteiger partial charge is 0.263 e. The number of rotatable bonds is 1. The van der Waals surface area contributed by atoms with Gasteiger partial charge < -0.3 is 0 Å². The van der Waals surface area contributed by atoms with Crippen molar-refractivity contribution in [2.45, 2.75) is 10.9 Å². The summed E-state index contributed by atoms with van der Waals surface area (Å²) in [5.41, 5.74) is 0. The maximum absolute atomic E-state index is 10.3. The fraction of sp³-hybridized carbons (Fsp3) is 1.00. The summed E-state index contributed by atoms with van der Waals surface area (Å²) in [6.07, 6.45) is 0.333. The molecule has 1 heterocycles. The van der Waals surface area contributed by atoms with E-state index in [4.69, 9.17) is 0 Å². The van der Waals surface area contributed by atoms with Crippen molar-refractivity contribution >= 4 is 15.9 Å². The van der Waals surface area contributed by atoms with Gasteiger partial charge in [0.25, 0.3) is 0 Å². The molecule has 58 valence electrons. The molecule has 6 heteroatoms. The van der Waals surface area contributed by atoms with Crippen LogP contribution in [-0.2, 0) is 9.78 Å². The van der Waals surface area contributed by atoms with E-state index in [1.165, 1.54) is 0 Å². The van der Waals surface area contributed by atoms with Gasteiger partial charge in [-0.1, -0.05) is 0 Å². The van der Waals surface area contributed by atoms with E-state index >= 15 is 0 Å². The van der Waals surface area contributed by atoms with Crippen LogP contribution in [0.1, 0.15) is 6.42 Å². The van der Waals surface area contributed by atoms with Crippen molar-refractivity contribution in [3.05, 3.63) is 10.1 Å². The van der Waals surface area contributed by atoms with Crippen LogP contribution in [0.5, 0.6) is 0 Å². The van der Waals surface area contributed by atoms with E-state index < -0.39 is 9.37 Å². The zero-order chi connectivity index (χ0) is 7.61. The van der Waals surface area contributed by atoms with Crippen molar-refractivity contribution < 1.29 is 14.7 Å². The van der Waals surface area contributed by atoms with Gasteiger partial charge >= 0.3 is 4.45 Å². The Kier molecular flexibility index (Phi) is 2.22. The molecule has 0 spiro atoms. The quantitative estimate of drug-likeness (QED) is 0.211. The summed E-state index contributed by atoms with van der Waals surface area (Å²) < 4.78 is -1.13. The van der Waals surface area contributed by atoms with Crippen LogP contribution in [0.3, 0.4) is 0 Å². The fourth-order valence-electron chi connectivity index (χ4n) is 0.605. The van der Waals surface area contributed by atoms with Crippen LogP contribution >= 0.6 is 15.9 Å². The van der Waals surface area contributed by atoms with Crippen molar-refractivity contribution in [3.63, 3.8) is 0 Å². The molecule has 0 amide bonds. The third kappa shape index (κ3) is 1.44. The van der Waals surface area contributed by atoms with Crippen molar-refractivity contribution in [2.24, 2.45) is 0 Å². The fourth-order valence-corrected chi connectivity index (χ4v) is 0.860. The number of hydrogen-bond donors (Lipinski definition) is 0. The average molecular weight is 212 g/mol. The third-order valence-electron chi connectivity index (χ3n) is 1.26. The minimum absolute atomic E-state index is 0.0417. The average Bonchev–Trinajstić information content (AvgIpc) is 1.89. The van der Waals surface area contributed by atoms with Crippen molar-refractivity contribution in [2.75, 3.05) is 13.2 Å². The van der Waals surface area contributed by atoms with E-state index in [0.717, 1.165) is 0 Å². The first-order valence-electron chi connectivity index (χ1n) is 2.73.